The number of nitrogens with one attached hydrogen (secondary N) is 1. The maximum absolute atomic E-state index is 5.27. The lowest BCUT2D eigenvalue weighted by Gasteiger charge is -2.31. The van der Waals surface area contributed by atoms with Gasteiger partial charge < -0.3 is 19.7 Å². The van der Waals surface area contributed by atoms with Gasteiger partial charge in [0.25, 0.3) is 0 Å². The molecule has 5 heteroatoms. The highest BCUT2D eigenvalue weighted by Gasteiger charge is 2.17. The number of hydrogen-bond acceptors (Lipinski definition) is 5. The minimum atomic E-state index is 0.261. The topological polar surface area (TPSA) is 46.6 Å². The number of rotatable bonds is 9. The summed E-state index contributed by atoms with van der Waals surface area (Å²) in [4.78, 5) is 6.87. The van der Waals surface area contributed by atoms with Crippen molar-refractivity contribution >= 4 is 5.82 Å². The summed E-state index contributed by atoms with van der Waals surface area (Å²) in [5.41, 5.74) is 2.37. The van der Waals surface area contributed by atoms with Gasteiger partial charge in [-0.3, -0.25) is 0 Å². The zero-order chi connectivity index (χ0) is 15.0. The Morgan fingerprint density at radius 3 is 2.65 bits per heavy atom. The van der Waals surface area contributed by atoms with Gasteiger partial charge in [0, 0.05) is 33.5 Å². The second-order valence-electron chi connectivity index (χ2n) is 5.00. The molecule has 1 atom stereocenters. The minimum absolute atomic E-state index is 0.261. The molecule has 20 heavy (non-hydrogen) atoms. The molecule has 1 N–H and O–H groups in total. The van der Waals surface area contributed by atoms with E-state index in [0.29, 0.717) is 13.2 Å². The highest BCUT2D eigenvalue weighted by Crippen LogP contribution is 2.20. The monoisotopic (exact) mass is 281 g/mol. The number of hydrogen-bond donors (Lipinski definition) is 1. The van der Waals surface area contributed by atoms with Crippen LogP contribution in [-0.2, 0) is 16.0 Å². The number of methoxy groups -OCH3 is 2. The van der Waals surface area contributed by atoms with Crippen LogP contribution in [0.1, 0.15) is 18.1 Å². The predicted octanol–water partition coefficient (Wildman–Crippen LogP) is 1.60. The number of nitrogens with zero attached hydrogens (tertiary/aromatic N) is 2. The lowest BCUT2D eigenvalue weighted by Crippen LogP contribution is -2.39. The SMILES string of the molecule is CNCc1cnc(N(CCOC)C(C)COC)c(C)c1. The van der Waals surface area contributed by atoms with Crippen LogP contribution in [0.4, 0.5) is 5.82 Å². The van der Waals surface area contributed by atoms with E-state index in [1.807, 2.05) is 13.2 Å². The van der Waals surface area contributed by atoms with Crippen molar-refractivity contribution in [3.8, 4) is 0 Å². The Kier molecular flexibility index (Phi) is 7.51. The van der Waals surface area contributed by atoms with Gasteiger partial charge in [0.05, 0.1) is 19.3 Å². The Bertz CT molecular complexity index is 399. The van der Waals surface area contributed by atoms with Crippen LogP contribution in [0.15, 0.2) is 12.3 Å². The summed E-state index contributed by atoms with van der Waals surface area (Å²) in [5, 5.41) is 3.14. The highest BCUT2D eigenvalue weighted by atomic mass is 16.5. The molecule has 0 aliphatic heterocycles. The van der Waals surface area contributed by atoms with E-state index in [1.54, 1.807) is 14.2 Å². The first-order valence-corrected chi connectivity index (χ1v) is 6.98. The fraction of sp³-hybridized carbons (Fsp3) is 0.667. The maximum Gasteiger partial charge on any atom is 0.131 e. The van der Waals surface area contributed by atoms with Crippen LogP contribution in [0.3, 0.4) is 0 Å². The second-order valence-corrected chi connectivity index (χ2v) is 5.00. The normalized spacial score (nSPS) is 12.4. The molecule has 1 aromatic rings. The number of pyridine rings is 1. The van der Waals surface area contributed by atoms with E-state index >= 15 is 0 Å². The van der Waals surface area contributed by atoms with Crippen molar-refractivity contribution in [1.29, 1.82) is 0 Å². The van der Waals surface area contributed by atoms with Gasteiger partial charge in [-0.1, -0.05) is 0 Å². The van der Waals surface area contributed by atoms with Gasteiger partial charge >= 0.3 is 0 Å². The molecular weight excluding hydrogens is 254 g/mol. The van der Waals surface area contributed by atoms with Crippen molar-refractivity contribution in [1.82, 2.24) is 10.3 Å². The average Bonchev–Trinajstić information content (AvgIpc) is 2.42. The van der Waals surface area contributed by atoms with Crippen molar-refractivity contribution in [2.24, 2.45) is 0 Å². The van der Waals surface area contributed by atoms with Crippen molar-refractivity contribution < 1.29 is 9.47 Å². The van der Waals surface area contributed by atoms with Gasteiger partial charge in [-0.05, 0) is 38.1 Å². The zero-order valence-electron chi connectivity index (χ0n) is 13.3. The molecule has 0 saturated carbocycles. The average molecular weight is 281 g/mol. The lowest BCUT2D eigenvalue weighted by atomic mass is 10.1. The second kappa shape index (κ2) is 8.89. The van der Waals surface area contributed by atoms with Gasteiger partial charge in [-0.25, -0.2) is 4.98 Å². The third-order valence-electron chi connectivity index (χ3n) is 3.24. The molecule has 1 heterocycles. The summed E-state index contributed by atoms with van der Waals surface area (Å²) in [5.74, 6) is 1.01. The summed E-state index contributed by atoms with van der Waals surface area (Å²) in [7, 11) is 5.38. The maximum atomic E-state index is 5.27. The molecule has 5 nitrogen and oxygen atoms in total. The van der Waals surface area contributed by atoms with Gasteiger partial charge in [0.15, 0.2) is 0 Å². The van der Waals surface area contributed by atoms with Crippen molar-refractivity contribution in [3.63, 3.8) is 0 Å². The fourth-order valence-corrected chi connectivity index (χ4v) is 2.28. The summed E-state index contributed by atoms with van der Waals surface area (Å²) >= 11 is 0. The first kappa shape index (κ1) is 16.9. The Morgan fingerprint density at radius 2 is 2.10 bits per heavy atom. The largest absolute Gasteiger partial charge is 0.383 e. The molecule has 0 aliphatic rings. The molecule has 0 fully saturated rings. The van der Waals surface area contributed by atoms with E-state index < -0.39 is 0 Å². The van der Waals surface area contributed by atoms with E-state index in [-0.39, 0.29) is 6.04 Å². The Hall–Kier alpha value is -1.17. The Labute approximate surface area is 122 Å². The van der Waals surface area contributed by atoms with Crippen LogP contribution in [0.2, 0.25) is 0 Å². The van der Waals surface area contributed by atoms with Gasteiger partial charge in [0.2, 0.25) is 0 Å². The van der Waals surface area contributed by atoms with E-state index in [2.05, 4.69) is 35.1 Å². The molecule has 0 spiro atoms. The molecule has 0 aliphatic carbocycles. The fourth-order valence-electron chi connectivity index (χ4n) is 2.28. The molecule has 0 amide bonds. The summed E-state index contributed by atoms with van der Waals surface area (Å²) < 4.78 is 10.5. The zero-order valence-corrected chi connectivity index (χ0v) is 13.3. The van der Waals surface area contributed by atoms with Gasteiger partial charge in [-0.2, -0.15) is 0 Å². The number of aromatic nitrogens is 1. The van der Waals surface area contributed by atoms with Crippen LogP contribution in [0.25, 0.3) is 0 Å². The van der Waals surface area contributed by atoms with Crippen LogP contribution in [0, 0.1) is 6.92 Å². The van der Waals surface area contributed by atoms with E-state index in [4.69, 9.17) is 9.47 Å². The third kappa shape index (κ3) is 4.74. The molecule has 0 radical (unpaired) electrons. The Morgan fingerprint density at radius 1 is 1.35 bits per heavy atom. The molecule has 0 aromatic carbocycles. The highest BCUT2D eigenvalue weighted by molar-refractivity contribution is 5.48. The summed E-state index contributed by atoms with van der Waals surface area (Å²) in [6, 6.07) is 2.44. The number of aryl methyl sites for hydroxylation is 1. The first-order chi connectivity index (χ1) is 9.63. The van der Waals surface area contributed by atoms with Crippen LogP contribution >= 0.6 is 0 Å². The minimum Gasteiger partial charge on any atom is -0.383 e. The predicted molar refractivity (Wildman–Crippen MR) is 82.3 cm³/mol. The van der Waals surface area contributed by atoms with E-state index in [1.165, 1.54) is 11.1 Å². The first-order valence-electron chi connectivity index (χ1n) is 6.98. The van der Waals surface area contributed by atoms with E-state index in [0.717, 1.165) is 18.9 Å². The van der Waals surface area contributed by atoms with Crippen LogP contribution < -0.4 is 10.2 Å². The molecule has 114 valence electrons. The van der Waals surface area contributed by atoms with Crippen molar-refractivity contribution in [2.75, 3.05) is 45.9 Å². The van der Waals surface area contributed by atoms with Crippen LogP contribution in [0.5, 0.6) is 0 Å². The molecule has 0 saturated heterocycles. The van der Waals surface area contributed by atoms with Gasteiger partial charge in [-0.15, -0.1) is 0 Å². The number of ether oxygens (including phenoxy) is 2. The van der Waals surface area contributed by atoms with Gasteiger partial charge in [0.1, 0.15) is 5.82 Å². The molecule has 0 bridgehead atoms. The van der Waals surface area contributed by atoms with Crippen LogP contribution in [-0.4, -0.2) is 52.1 Å². The summed E-state index contributed by atoms with van der Waals surface area (Å²) in [6.45, 7) is 7.22. The number of anilines is 1. The molecule has 1 aromatic heterocycles. The van der Waals surface area contributed by atoms with Crippen molar-refractivity contribution in [3.05, 3.63) is 23.4 Å². The smallest absolute Gasteiger partial charge is 0.131 e. The Balaban J connectivity index is 2.94. The standard InChI is InChI=1S/C15H27N3O2/c1-12-8-14(9-16-3)10-17-15(12)18(6-7-19-4)13(2)11-20-5/h8,10,13,16H,6-7,9,11H2,1-5H3. The molecular formula is C15H27N3O2. The molecule has 1 unspecified atom stereocenters. The lowest BCUT2D eigenvalue weighted by molar-refractivity contribution is 0.170. The van der Waals surface area contributed by atoms with E-state index in [9.17, 15) is 0 Å². The third-order valence-corrected chi connectivity index (χ3v) is 3.24. The quantitative estimate of drug-likeness (QED) is 0.745. The molecule has 1 rings (SSSR count). The van der Waals surface area contributed by atoms with Crippen molar-refractivity contribution in [2.45, 2.75) is 26.4 Å². The summed E-state index contributed by atoms with van der Waals surface area (Å²) in [6.07, 6.45) is 1.93.